The minimum absolute atomic E-state index is 0.0328. The lowest BCUT2D eigenvalue weighted by Gasteiger charge is -2.04. The van der Waals surface area contributed by atoms with Crippen molar-refractivity contribution in [2.45, 2.75) is 4.90 Å². The first kappa shape index (κ1) is 12.3. The highest BCUT2D eigenvalue weighted by Crippen LogP contribution is 2.21. The highest BCUT2D eigenvalue weighted by Gasteiger charge is 2.07. The number of anilines is 1. The van der Waals surface area contributed by atoms with Crippen LogP contribution in [0.25, 0.3) is 0 Å². The van der Waals surface area contributed by atoms with Crippen LogP contribution in [0.1, 0.15) is 0 Å². The molecule has 7 heteroatoms. The molecule has 0 unspecified atom stereocenters. The summed E-state index contributed by atoms with van der Waals surface area (Å²) in [4.78, 5) is 18.4. The predicted molar refractivity (Wildman–Crippen MR) is 64.6 cm³/mol. The molecule has 92 valence electrons. The number of nitrogens with one attached hydrogen (secondary N) is 1. The van der Waals surface area contributed by atoms with Gasteiger partial charge in [-0.1, -0.05) is 18.2 Å². The topological polar surface area (TPSA) is 64.1 Å². The molecule has 0 aliphatic carbocycles. The third kappa shape index (κ3) is 3.17. The van der Waals surface area contributed by atoms with Crippen molar-refractivity contribution in [1.29, 1.82) is 0 Å². The Hall–Kier alpha value is -2.15. The number of rotatable bonds is 5. The van der Waals surface area contributed by atoms with Crippen molar-refractivity contribution in [3.05, 3.63) is 42.3 Å². The van der Waals surface area contributed by atoms with Crippen LogP contribution in [-0.2, 0) is 4.79 Å². The second-order valence-electron chi connectivity index (χ2n) is 3.09. The van der Waals surface area contributed by atoms with Gasteiger partial charge in [-0.2, -0.15) is 9.97 Å². The van der Waals surface area contributed by atoms with Crippen LogP contribution in [0.5, 0.6) is 6.01 Å². The second kappa shape index (κ2) is 5.97. The molecule has 0 saturated carbocycles. The molecule has 1 N–H and O–H groups in total. The average molecular weight is 265 g/mol. The van der Waals surface area contributed by atoms with E-state index in [9.17, 15) is 9.18 Å². The standard InChI is InChI=1S/C11H8FN3O2S/c12-9-6-13-11(15-10(9)14-7-16)17-18-8-4-2-1-3-5-8/h1-7H,(H,13,14,15,16). The molecule has 1 aromatic carbocycles. The smallest absolute Gasteiger partial charge is 0.331 e. The molecule has 1 aromatic heterocycles. The van der Waals surface area contributed by atoms with Crippen molar-refractivity contribution < 1.29 is 13.4 Å². The highest BCUT2D eigenvalue weighted by atomic mass is 32.2. The van der Waals surface area contributed by atoms with E-state index < -0.39 is 5.82 Å². The molecule has 0 saturated heterocycles. The van der Waals surface area contributed by atoms with Crippen molar-refractivity contribution in [1.82, 2.24) is 9.97 Å². The molecule has 1 heterocycles. The summed E-state index contributed by atoms with van der Waals surface area (Å²) in [5.74, 6) is -0.942. The van der Waals surface area contributed by atoms with E-state index in [1.807, 2.05) is 30.3 Å². The summed E-state index contributed by atoms with van der Waals surface area (Å²) in [6.45, 7) is 0. The van der Waals surface area contributed by atoms with Gasteiger partial charge in [0.1, 0.15) is 0 Å². The molecular weight excluding hydrogens is 257 g/mol. The quantitative estimate of drug-likeness (QED) is 0.663. The summed E-state index contributed by atoms with van der Waals surface area (Å²) in [7, 11) is 0. The third-order valence-electron chi connectivity index (χ3n) is 1.87. The van der Waals surface area contributed by atoms with Crippen LogP contribution in [0.3, 0.4) is 0 Å². The van der Waals surface area contributed by atoms with Crippen molar-refractivity contribution in [2.75, 3.05) is 5.32 Å². The van der Waals surface area contributed by atoms with Gasteiger partial charge < -0.3 is 9.50 Å². The number of hydrogen-bond acceptors (Lipinski definition) is 5. The molecule has 0 fully saturated rings. The lowest BCUT2D eigenvalue weighted by Crippen LogP contribution is -2.02. The maximum atomic E-state index is 13.1. The molecule has 0 atom stereocenters. The van der Waals surface area contributed by atoms with Crippen LogP contribution >= 0.6 is 12.0 Å². The molecule has 0 radical (unpaired) electrons. The normalized spacial score (nSPS) is 9.83. The van der Waals surface area contributed by atoms with Crippen molar-refractivity contribution in [3.63, 3.8) is 0 Å². The largest absolute Gasteiger partial charge is 0.384 e. The van der Waals surface area contributed by atoms with Crippen LogP contribution in [0.2, 0.25) is 0 Å². The van der Waals surface area contributed by atoms with Crippen LogP contribution < -0.4 is 9.50 Å². The Morgan fingerprint density at radius 1 is 1.33 bits per heavy atom. The van der Waals surface area contributed by atoms with E-state index in [2.05, 4.69) is 15.3 Å². The number of nitrogens with zero attached hydrogens (tertiary/aromatic N) is 2. The van der Waals surface area contributed by atoms with Gasteiger partial charge in [0.15, 0.2) is 11.6 Å². The van der Waals surface area contributed by atoms with Crippen LogP contribution in [0.4, 0.5) is 10.2 Å². The van der Waals surface area contributed by atoms with Crippen molar-refractivity contribution >= 4 is 24.3 Å². The number of carbonyl (C=O) groups is 1. The van der Waals surface area contributed by atoms with Crippen LogP contribution in [0.15, 0.2) is 41.4 Å². The first-order valence-electron chi connectivity index (χ1n) is 4.92. The number of halogens is 1. The lowest BCUT2D eigenvalue weighted by molar-refractivity contribution is -0.105. The molecule has 5 nitrogen and oxygen atoms in total. The van der Waals surface area contributed by atoms with Gasteiger partial charge >= 0.3 is 6.01 Å². The fraction of sp³-hybridized carbons (Fsp3) is 0. The fourth-order valence-corrected chi connectivity index (χ4v) is 1.63. The summed E-state index contributed by atoms with van der Waals surface area (Å²) < 4.78 is 18.3. The molecule has 1 amide bonds. The molecule has 0 aliphatic rings. The van der Waals surface area contributed by atoms with Gasteiger partial charge in [-0.05, 0) is 12.1 Å². The van der Waals surface area contributed by atoms with Crippen molar-refractivity contribution in [3.8, 4) is 6.01 Å². The minimum Gasteiger partial charge on any atom is -0.384 e. The number of benzene rings is 1. The molecular formula is C11H8FN3O2S. The van der Waals surface area contributed by atoms with Crippen molar-refractivity contribution in [2.24, 2.45) is 0 Å². The molecule has 0 spiro atoms. The van der Waals surface area contributed by atoms with E-state index in [1.54, 1.807) is 0 Å². The number of amides is 1. The maximum Gasteiger partial charge on any atom is 0.331 e. The van der Waals surface area contributed by atoms with E-state index in [1.165, 1.54) is 0 Å². The third-order valence-corrected chi connectivity index (χ3v) is 2.57. The maximum absolute atomic E-state index is 13.1. The Labute approximate surface area is 107 Å². The van der Waals surface area contributed by atoms with Gasteiger partial charge in [0.25, 0.3) is 0 Å². The SMILES string of the molecule is O=CNc1nc(OSc2ccccc2)ncc1F. The summed E-state index contributed by atoms with van der Waals surface area (Å²) in [5.41, 5.74) is 0. The summed E-state index contributed by atoms with van der Waals surface area (Å²) >= 11 is 1.04. The minimum atomic E-state index is -0.723. The van der Waals surface area contributed by atoms with Gasteiger partial charge in [-0.15, -0.1) is 0 Å². The Balaban J connectivity index is 2.05. The van der Waals surface area contributed by atoms with E-state index in [-0.39, 0.29) is 11.8 Å². The summed E-state index contributed by atoms with van der Waals surface area (Å²) in [5, 5.41) is 2.12. The molecule has 2 rings (SSSR count). The first-order valence-corrected chi connectivity index (χ1v) is 5.66. The molecule has 2 aromatic rings. The molecule has 0 bridgehead atoms. The van der Waals surface area contributed by atoms with E-state index in [4.69, 9.17) is 4.18 Å². The second-order valence-corrected chi connectivity index (χ2v) is 3.90. The zero-order valence-corrected chi connectivity index (χ0v) is 9.86. The summed E-state index contributed by atoms with van der Waals surface area (Å²) in [6.07, 6.45) is 1.26. The zero-order valence-electron chi connectivity index (χ0n) is 9.04. The van der Waals surface area contributed by atoms with Gasteiger partial charge in [0.2, 0.25) is 6.41 Å². The average Bonchev–Trinajstić information content (AvgIpc) is 2.41. The Bertz CT molecular complexity index is 539. The monoisotopic (exact) mass is 265 g/mol. The summed E-state index contributed by atoms with van der Waals surface area (Å²) in [6, 6.07) is 9.25. The number of carbonyl (C=O) groups excluding carboxylic acids is 1. The molecule has 0 aliphatic heterocycles. The van der Waals surface area contributed by atoms with E-state index in [0.29, 0.717) is 6.41 Å². The Kier molecular flexibility index (Phi) is 4.08. The van der Waals surface area contributed by atoms with E-state index in [0.717, 1.165) is 23.1 Å². The number of hydrogen-bond donors (Lipinski definition) is 1. The predicted octanol–water partition coefficient (Wildman–Crippen LogP) is 2.27. The van der Waals surface area contributed by atoms with Gasteiger partial charge in [-0.3, -0.25) is 4.79 Å². The lowest BCUT2D eigenvalue weighted by atomic mass is 10.4. The van der Waals surface area contributed by atoms with Crippen LogP contribution in [0, 0.1) is 5.82 Å². The van der Waals surface area contributed by atoms with Gasteiger partial charge in [-0.25, -0.2) is 4.39 Å². The highest BCUT2D eigenvalue weighted by molar-refractivity contribution is 7.95. The van der Waals surface area contributed by atoms with Gasteiger partial charge in [0, 0.05) is 4.90 Å². The molecule has 18 heavy (non-hydrogen) atoms. The Morgan fingerprint density at radius 2 is 2.11 bits per heavy atom. The van der Waals surface area contributed by atoms with E-state index >= 15 is 0 Å². The number of aromatic nitrogens is 2. The first-order chi connectivity index (χ1) is 8.79. The Morgan fingerprint density at radius 3 is 2.83 bits per heavy atom. The van der Waals surface area contributed by atoms with Gasteiger partial charge in [0.05, 0.1) is 18.2 Å². The van der Waals surface area contributed by atoms with Crippen LogP contribution in [-0.4, -0.2) is 16.4 Å². The fourth-order valence-electron chi connectivity index (χ4n) is 1.11. The zero-order chi connectivity index (χ0) is 12.8.